The number of rotatable bonds is 5. The molecule has 0 amide bonds. The zero-order valence-corrected chi connectivity index (χ0v) is 17.5. The zero-order valence-electron chi connectivity index (χ0n) is 15.0. The van der Waals surface area contributed by atoms with E-state index in [4.69, 9.17) is 0 Å². The fraction of sp³-hybridized carbons (Fsp3) is 0.222. The predicted octanol–water partition coefficient (Wildman–Crippen LogP) is 4.57. The summed E-state index contributed by atoms with van der Waals surface area (Å²) in [6, 6.07) is 7.81. The molecule has 0 radical (unpaired) electrons. The van der Waals surface area contributed by atoms with Gasteiger partial charge in [-0.25, -0.2) is 4.98 Å². The molecule has 138 valence electrons. The summed E-state index contributed by atoms with van der Waals surface area (Å²) in [6.07, 6.45) is 0. The molecule has 0 unspecified atom stereocenters. The number of nitrogens with zero attached hydrogens (tertiary/aromatic N) is 4. The maximum Gasteiger partial charge on any atom is 0.258 e. The summed E-state index contributed by atoms with van der Waals surface area (Å²) in [7, 11) is 0. The van der Waals surface area contributed by atoms with Crippen LogP contribution >= 0.6 is 34.4 Å². The van der Waals surface area contributed by atoms with E-state index < -0.39 is 0 Å². The second kappa shape index (κ2) is 7.41. The maximum absolute atomic E-state index is 12.2. The molecule has 0 aliphatic rings. The number of anilines is 2. The Morgan fingerprint density at radius 3 is 2.81 bits per heavy atom. The maximum atomic E-state index is 12.2. The summed E-state index contributed by atoms with van der Waals surface area (Å²) in [6.45, 7) is 6.09. The number of hydrogen-bond donors (Lipinski definition) is 1. The molecule has 4 aromatic rings. The van der Waals surface area contributed by atoms with Crippen LogP contribution in [0.1, 0.15) is 22.5 Å². The molecular weight excluding hydrogens is 398 g/mol. The van der Waals surface area contributed by atoms with Gasteiger partial charge >= 0.3 is 0 Å². The van der Waals surface area contributed by atoms with Crippen LogP contribution in [0.4, 0.5) is 10.8 Å². The standard InChI is InChI=1S/C18H17N5OS3/c1-10-4-5-13(6-11(10)2)19-16-21-22-18(27-16)26-9-14-7-15(24)23-12(3)8-25-17(23)20-14/h4-8H,9H2,1-3H3,(H,19,21). The smallest absolute Gasteiger partial charge is 0.258 e. The van der Waals surface area contributed by atoms with Crippen LogP contribution in [0.5, 0.6) is 0 Å². The number of hydrogen-bond acceptors (Lipinski definition) is 8. The molecule has 3 aromatic heterocycles. The molecule has 0 aliphatic carbocycles. The highest BCUT2D eigenvalue weighted by atomic mass is 32.2. The Morgan fingerprint density at radius 1 is 1.15 bits per heavy atom. The molecule has 0 aliphatic heterocycles. The number of nitrogens with one attached hydrogen (secondary N) is 1. The van der Waals surface area contributed by atoms with Gasteiger partial charge in [0, 0.05) is 28.6 Å². The van der Waals surface area contributed by atoms with Crippen molar-refractivity contribution in [1.82, 2.24) is 19.6 Å². The Labute approximate surface area is 168 Å². The van der Waals surface area contributed by atoms with Crippen molar-refractivity contribution in [1.29, 1.82) is 0 Å². The largest absolute Gasteiger partial charge is 0.330 e. The van der Waals surface area contributed by atoms with E-state index in [-0.39, 0.29) is 5.56 Å². The van der Waals surface area contributed by atoms with Crippen LogP contribution in [0.15, 0.2) is 38.8 Å². The van der Waals surface area contributed by atoms with Gasteiger partial charge in [0.1, 0.15) is 0 Å². The third-order valence-corrected chi connectivity index (χ3v) is 7.09. The number of aryl methyl sites for hydroxylation is 3. The van der Waals surface area contributed by atoms with Crippen LogP contribution in [0.3, 0.4) is 0 Å². The monoisotopic (exact) mass is 415 g/mol. The van der Waals surface area contributed by atoms with E-state index in [0.717, 1.165) is 31.5 Å². The van der Waals surface area contributed by atoms with E-state index in [1.165, 1.54) is 45.6 Å². The minimum Gasteiger partial charge on any atom is -0.330 e. The summed E-state index contributed by atoms with van der Waals surface area (Å²) in [5.74, 6) is 0.584. The lowest BCUT2D eigenvalue weighted by atomic mass is 10.1. The van der Waals surface area contributed by atoms with Gasteiger partial charge in [-0.2, -0.15) is 0 Å². The van der Waals surface area contributed by atoms with Crippen molar-refractivity contribution in [3.63, 3.8) is 0 Å². The molecule has 0 bridgehead atoms. The highest BCUT2D eigenvalue weighted by Crippen LogP contribution is 2.30. The molecule has 0 saturated carbocycles. The first-order chi connectivity index (χ1) is 13.0. The molecule has 9 heteroatoms. The lowest BCUT2D eigenvalue weighted by Gasteiger charge is -2.05. The first kappa shape index (κ1) is 18.1. The normalized spacial score (nSPS) is 11.2. The van der Waals surface area contributed by atoms with Gasteiger partial charge < -0.3 is 5.32 Å². The molecule has 0 fully saturated rings. The molecule has 0 atom stereocenters. The van der Waals surface area contributed by atoms with Crippen LogP contribution in [-0.4, -0.2) is 19.6 Å². The minimum atomic E-state index is -0.0382. The molecule has 6 nitrogen and oxygen atoms in total. The average molecular weight is 416 g/mol. The zero-order chi connectivity index (χ0) is 19.0. The molecule has 1 N–H and O–H groups in total. The van der Waals surface area contributed by atoms with E-state index in [0.29, 0.717) is 5.75 Å². The molecule has 0 saturated heterocycles. The van der Waals surface area contributed by atoms with E-state index in [9.17, 15) is 4.79 Å². The van der Waals surface area contributed by atoms with Gasteiger partial charge in [0.15, 0.2) is 9.30 Å². The number of aromatic nitrogens is 4. The fourth-order valence-electron chi connectivity index (χ4n) is 2.57. The molecule has 1 aromatic carbocycles. The van der Waals surface area contributed by atoms with E-state index in [1.54, 1.807) is 10.5 Å². The van der Waals surface area contributed by atoms with Crippen molar-refractivity contribution in [2.24, 2.45) is 0 Å². The molecule has 4 rings (SSSR count). The van der Waals surface area contributed by atoms with E-state index in [2.05, 4.69) is 46.5 Å². The van der Waals surface area contributed by atoms with Crippen molar-refractivity contribution in [3.05, 3.63) is 62.5 Å². The van der Waals surface area contributed by atoms with Crippen molar-refractivity contribution in [3.8, 4) is 0 Å². The third-order valence-electron chi connectivity index (χ3n) is 4.14. The van der Waals surface area contributed by atoms with Crippen molar-refractivity contribution < 1.29 is 0 Å². The lowest BCUT2D eigenvalue weighted by Crippen LogP contribution is -2.14. The quantitative estimate of drug-likeness (QED) is 0.482. The van der Waals surface area contributed by atoms with Gasteiger partial charge in [-0.1, -0.05) is 29.2 Å². The van der Waals surface area contributed by atoms with Gasteiger partial charge in [-0.3, -0.25) is 9.20 Å². The van der Waals surface area contributed by atoms with Crippen molar-refractivity contribution in [2.45, 2.75) is 30.9 Å². The summed E-state index contributed by atoms with van der Waals surface area (Å²) in [5.41, 5.74) is 5.12. The summed E-state index contributed by atoms with van der Waals surface area (Å²) in [5, 5.41) is 14.4. The Bertz CT molecular complexity index is 1180. The number of benzene rings is 1. The summed E-state index contributed by atoms with van der Waals surface area (Å²) >= 11 is 4.50. The van der Waals surface area contributed by atoms with Crippen molar-refractivity contribution >= 4 is 50.2 Å². The summed E-state index contributed by atoms with van der Waals surface area (Å²) < 4.78 is 2.47. The SMILES string of the molecule is Cc1ccc(Nc2nnc(SCc3cc(=O)n4c(C)csc4n3)s2)cc1C. The fourth-order valence-corrected chi connectivity index (χ4v) is 5.13. The lowest BCUT2D eigenvalue weighted by molar-refractivity contribution is 0.992. The van der Waals surface area contributed by atoms with Crippen LogP contribution < -0.4 is 10.9 Å². The van der Waals surface area contributed by atoms with Crippen LogP contribution in [0.2, 0.25) is 0 Å². The first-order valence-electron chi connectivity index (χ1n) is 8.27. The van der Waals surface area contributed by atoms with Gasteiger partial charge in [0.2, 0.25) is 5.13 Å². The third kappa shape index (κ3) is 3.90. The first-order valence-corrected chi connectivity index (χ1v) is 10.9. The minimum absolute atomic E-state index is 0.0382. The Kier molecular flexibility index (Phi) is 4.98. The van der Waals surface area contributed by atoms with Gasteiger partial charge in [-0.05, 0) is 44.0 Å². The average Bonchev–Trinajstić information content (AvgIpc) is 3.23. The highest BCUT2D eigenvalue weighted by Gasteiger charge is 2.10. The number of fused-ring (bicyclic) bond motifs is 1. The topological polar surface area (TPSA) is 72.2 Å². The predicted molar refractivity (Wildman–Crippen MR) is 113 cm³/mol. The second-order valence-electron chi connectivity index (χ2n) is 6.17. The van der Waals surface area contributed by atoms with Crippen LogP contribution in [0, 0.1) is 20.8 Å². The van der Waals surface area contributed by atoms with Crippen LogP contribution in [-0.2, 0) is 5.75 Å². The Hall–Kier alpha value is -2.23. The number of thioether (sulfide) groups is 1. The Morgan fingerprint density at radius 2 is 2.00 bits per heavy atom. The number of thiazole rings is 1. The van der Waals surface area contributed by atoms with Gasteiger partial charge in [0.25, 0.3) is 5.56 Å². The van der Waals surface area contributed by atoms with Gasteiger partial charge in [0.05, 0.1) is 5.69 Å². The van der Waals surface area contributed by atoms with E-state index >= 15 is 0 Å². The Balaban J connectivity index is 1.45. The summed E-state index contributed by atoms with van der Waals surface area (Å²) in [4.78, 5) is 17.5. The van der Waals surface area contributed by atoms with E-state index in [1.807, 2.05) is 18.4 Å². The van der Waals surface area contributed by atoms with Gasteiger partial charge in [-0.15, -0.1) is 21.5 Å². The molecule has 27 heavy (non-hydrogen) atoms. The van der Waals surface area contributed by atoms with Crippen molar-refractivity contribution in [2.75, 3.05) is 5.32 Å². The highest BCUT2D eigenvalue weighted by molar-refractivity contribution is 8.00. The molecule has 3 heterocycles. The second-order valence-corrected chi connectivity index (χ2v) is 9.20. The molecular formula is C18H17N5OS3. The molecule has 0 spiro atoms. The van der Waals surface area contributed by atoms with Crippen LogP contribution in [0.25, 0.3) is 4.96 Å².